The van der Waals surface area contributed by atoms with Gasteiger partial charge in [-0.25, -0.2) is 0 Å². The predicted molar refractivity (Wildman–Crippen MR) is 152 cm³/mol. The average molecular weight is 508 g/mol. The third kappa shape index (κ3) is 6.44. The van der Waals surface area contributed by atoms with E-state index in [4.69, 9.17) is 10.00 Å². The number of carbonyl (C=O) groups is 1. The van der Waals surface area contributed by atoms with E-state index in [1.165, 1.54) is 16.7 Å². The van der Waals surface area contributed by atoms with E-state index in [9.17, 15) is 4.79 Å². The van der Waals surface area contributed by atoms with Crippen LogP contribution in [-0.2, 0) is 9.53 Å². The highest BCUT2D eigenvalue weighted by molar-refractivity contribution is 5.77. The maximum Gasteiger partial charge on any atom is 0.248 e. The lowest BCUT2D eigenvalue weighted by Gasteiger charge is -2.33. The molecule has 3 aromatic carbocycles. The molecule has 0 atom stereocenters. The van der Waals surface area contributed by atoms with Crippen molar-refractivity contribution in [3.8, 4) is 17.2 Å². The molecule has 0 radical (unpaired) electrons. The lowest BCUT2D eigenvalue weighted by atomic mass is 9.88. The Kier molecular flexibility index (Phi) is 8.41. The minimum absolute atomic E-state index is 0.121. The van der Waals surface area contributed by atoms with Gasteiger partial charge in [-0.3, -0.25) is 4.79 Å². The quantitative estimate of drug-likeness (QED) is 0.387. The summed E-state index contributed by atoms with van der Waals surface area (Å²) < 4.78 is 6.06. The van der Waals surface area contributed by atoms with Crippen LogP contribution in [0.25, 0.3) is 11.1 Å². The van der Waals surface area contributed by atoms with Gasteiger partial charge in [0.15, 0.2) is 0 Å². The standard InChI is InChI=1S/C33H37N3O2/c1-24-21-31(12-11-29(24)22-34)35-30-13-15-32(16-14-30)38-23-33(37)36-19-17-28(18-20-36)27-9-7-26(8-10-27)25-5-3-2-4-6-25/h2-12,21,28,30,32,35H,13-20,23H2,1H3. The fourth-order valence-corrected chi connectivity index (χ4v) is 5.81. The summed E-state index contributed by atoms with van der Waals surface area (Å²) in [6.45, 7) is 3.76. The lowest BCUT2D eigenvalue weighted by Crippen LogP contribution is -2.41. The van der Waals surface area contributed by atoms with Gasteiger partial charge in [0, 0.05) is 24.8 Å². The molecule has 1 saturated heterocycles. The number of nitrogens with zero attached hydrogens (tertiary/aromatic N) is 2. The van der Waals surface area contributed by atoms with Gasteiger partial charge in [0.25, 0.3) is 0 Å². The van der Waals surface area contributed by atoms with Gasteiger partial charge < -0.3 is 15.0 Å². The summed E-state index contributed by atoms with van der Waals surface area (Å²) in [5.74, 6) is 0.628. The van der Waals surface area contributed by atoms with E-state index in [2.05, 4.69) is 59.9 Å². The molecule has 1 heterocycles. The highest BCUT2D eigenvalue weighted by atomic mass is 16.5. The fourth-order valence-electron chi connectivity index (χ4n) is 5.81. The number of likely N-dealkylation sites (tertiary alicyclic amines) is 1. The summed E-state index contributed by atoms with van der Waals surface area (Å²) in [6, 6.07) is 27.9. The molecule has 1 amide bonds. The molecule has 38 heavy (non-hydrogen) atoms. The molecule has 2 fully saturated rings. The first-order valence-corrected chi connectivity index (χ1v) is 13.9. The van der Waals surface area contributed by atoms with E-state index in [1.807, 2.05) is 36.1 Å². The van der Waals surface area contributed by atoms with Crippen LogP contribution in [0.5, 0.6) is 0 Å². The van der Waals surface area contributed by atoms with Crippen LogP contribution in [0, 0.1) is 18.3 Å². The number of benzene rings is 3. The van der Waals surface area contributed by atoms with E-state index in [1.54, 1.807) is 0 Å². The predicted octanol–water partition coefficient (Wildman–Crippen LogP) is 6.68. The molecule has 0 unspecified atom stereocenters. The second-order valence-electron chi connectivity index (χ2n) is 10.7. The number of nitrogens with one attached hydrogen (secondary N) is 1. The average Bonchev–Trinajstić information content (AvgIpc) is 2.97. The minimum atomic E-state index is 0.121. The molecule has 3 aromatic rings. The van der Waals surface area contributed by atoms with E-state index in [0.717, 1.165) is 68.4 Å². The molecule has 1 aliphatic heterocycles. The Bertz CT molecular complexity index is 1250. The number of aryl methyl sites for hydroxylation is 1. The van der Waals surface area contributed by atoms with Crippen LogP contribution in [0.1, 0.15) is 61.1 Å². The van der Waals surface area contributed by atoms with Crippen LogP contribution in [0.2, 0.25) is 0 Å². The number of amides is 1. The van der Waals surface area contributed by atoms with Gasteiger partial charge in [0.2, 0.25) is 5.91 Å². The topological polar surface area (TPSA) is 65.4 Å². The van der Waals surface area contributed by atoms with Crippen molar-refractivity contribution in [2.24, 2.45) is 0 Å². The summed E-state index contributed by atoms with van der Waals surface area (Å²) >= 11 is 0. The van der Waals surface area contributed by atoms with Crippen molar-refractivity contribution in [1.82, 2.24) is 4.90 Å². The zero-order chi connectivity index (χ0) is 26.3. The Morgan fingerprint density at radius 3 is 2.26 bits per heavy atom. The highest BCUT2D eigenvalue weighted by Gasteiger charge is 2.26. The van der Waals surface area contributed by atoms with Gasteiger partial charge in [0.1, 0.15) is 6.61 Å². The molecule has 0 aromatic heterocycles. The summed E-state index contributed by atoms with van der Waals surface area (Å²) in [5, 5.41) is 12.7. The van der Waals surface area contributed by atoms with Crippen molar-refractivity contribution in [2.75, 3.05) is 25.0 Å². The number of piperidine rings is 1. The van der Waals surface area contributed by atoms with E-state index >= 15 is 0 Å². The second-order valence-corrected chi connectivity index (χ2v) is 10.7. The van der Waals surface area contributed by atoms with Crippen molar-refractivity contribution < 1.29 is 9.53 Å². The number of nitriles is 1. The molecule has 0 spiro atoms. The van der Waals surface area contributed by atoms with Crippen LogP contribution in [0.3, 0.4) is 0 Å². The van der Waals surface area contributed by atoms with Crippen LogP contribution < -0.4 is 5.32 Å². The van der Waals surface area contributed by atoms with Crippen LogP contribution in [0.4, 0.5) is 5.69 Å². The first-order valence-electron chi connectivity index (χ1n) is 13.9. The fraction of sp³-hybridized carbons (Fsp3) is 0.394. The van der Waals surface area contributed by atoms with Gasteiger partial charge >= 0.3 is 0 Å². The van der Waals surface area contributed by atoms with Gasteiger partial charge in [-0.2, -0.15) is 5.26 Å². The number of carbonyl (C=O) groups excluding carboxylic acids is 1. The Morgan fingerprint density at radius 1 is 0.921 bits per heavy atom. The van der Waals surface area contributed by atoms with E-state index in [-0.39, 0.29) is 18.6 Å². The second kappa shape index (κ2) is 12.3. The molecule has 1 N–H and O–H groups in total. The first-order chi connectivity index (χ1) is 18.6. The SMILES string of the molecule is Cc1cc(NC2CCC(OCC(=O)N3CCC(c4ccc(-c5ccccc5)cc4)CC3)CC2)ccc1C#N. The highest BCUT2D eigenvalue weighted by Crippen LogP contribution is 2.30. The smallest absolute Gasteiger partial charge is 0.248 e. The van der Waals surface area contributed by atoms with E-state index < -0.39 is 0 Å². The van der Waals surface area contributed by atoms with Crippen molar-refractivity contribution in [1.29, 1.82) is 5.26 Å². The molecule has 5 nitrogen and oxygen atoms in total. The van der Waals surface area contributed by atoms with Gasteiger partial charge in [-0.1, -0.05) is 54.6 Å². The van der Waals surface area contributed by atoms with Crippen molar-refractivity contribution in [3.63, 3.8) is 0 Å². The summed E-state index contributed by atoms with van der Waals surface area (Å²) in [4.78, 5) is 14.8. The van der Waals surface area contributed by atoms with Gasteiger partial charge in [0.05, 0.1) is 17.7 Å². The normalized spacial score (nSPS) is 20.1. The first kappa shape index (κ1) is 26.0. The molecule has 0 bridgehead atoms. The Labute approximate surface area is 226 Å². The minimum Gasteiger partial charge on any atom is -0.382 e. The number of hydrogen-bond donors (Lipinski definition) is 1. The lowest BCUT2D eigenvalue weighted by molar-refractivity contribution is -0.139. The van der Waals surface area contributed by atoms with E-state index in [0.29, 0.717) is 12.0 Å². The van der Waals surface area contributed by atoms with Gasteiger partial charge in [-0.05, 0) is 91.8 Å². The molecular weight excluding hydrogens is 470 g/mol. The Morgan fingerprint density at radius 2 is 1.61 bits per heavy atom. The maximum atomic E-state index is 12.8. The van der Waals surface area contributed by atoms with Crippen molar-refractivity contribution >= 4 is 11.6 Å². The van der Waals surface area contributed by atoms with Gasteiger partial charge in [-0.15, -0.1) is 0 Å². The molecule has 2 aliphatic rings. The van der Waals surface area contributed by atoms with Crippen LogP contribution >= 0.6 is 0 Å². The molecule has 1 saturated carbocycles. The molecule has 196 valence electrons. The summed E-state index contributed by atoms with van der Waals surface area (Å²) in [7, 11) is 0. The summed E-state index contributed by atoms with van der Waals surface area (Å²) in [5.41, 5.74) is 6.64. The largest absolute Gasteiger partial charge is 0.382 e. The molecule has 5 rings (SSSR count). The third-order valence-corrected chi connectivity index (χ3v) is 8.17. The van der Waals surface area contributed by atoms with Crippen LogP contribution in [-0.4, -0.2) is 42.6 Å². The number of rotatable bonds is 7. The van der Waals surface area contributed by atoms with Crippen molar-refractivity contribution in [3.05, 3.63) is 89.5 Å². The monoisotopic (exact) mass is 507 g/mol. The van der Waals surface area contributed by atoms with Crippen LogP contribution in [0.15, 0.2) is 72.8 Å². The Hall–Kier alpha value is -3.62. The molecule has 5 heteroatoms. The summed E-state index contributed by atoms with van der Waals surface area (Å²) in [6.07, 6.45) is 6.12. The zero-order valence-electron chi connectivity index (χ0n) is 22.2. The number of anilines is 1. The Balaban J connectivity index is 1.02. The maximum absolute atomic E-state index is 12.8. The zero-order valence-corrected chi connectivity index (χ0v) is 22.2. The molecule has 1 aliphatic carbocycles. The number of ether oxygens (including phenoxy) is 1. The molecular formula is C33H37N3O2. The number of hydrogen-bond acceptors (Lipinski definition) is 4. The third-order valence-electron chi connectivity index (χ3n) is 8.17. The van der Waals surface area contributed by atoms with Crippen molar-refractivity contribution in [2.45, 2.75) is 63.5 Å².